The second kappa shape index (κ2) is 12.3. The normalized spacial score (nSPS) is 18.6. The number of benzene rings is 2. The number of rotatable bonds is 11. The highest BCUT2D eigenvalue weighted by atomic mass is 16.5. The molecule has 1 saturated heterocycles. The lowest BCUT2D eigenvalue weighted by atomic mass is 10.1. The number of ether oxygens (including phenoxy) is 4. The molecular formula is C28H37N3O5. The standard InChI is InChI=1S/C28H37N3O5/c1-22-5-8-25(9-6-22)36-21-28(32)19-30(12-14-34-20-28)18-24-7-10-26(27(15-24)33-3)35-13-4-11-31-17-23(2)16-29-31/h5-10,15-17,32H,4,11-14,18-21H2,1-3H3/t28-/m0/s1. The molecule has 8 heteroatoms. The molecule has 194 valence electrons. The van der Waals surface area contributed by atoms with Crippen molar-refractivity contribution in [2.24, 2.45) is 0 Å². The zero-order valence-electron chi connectivity index (χ0n) is 21.5. The van der Waals surface area contributed by atoms with Gasteiger partial charge in [0.1, 0.15) is 18.0 Å². The molecule has 3 aromatic rings. The Balaban J connectivity index is 1.31. The molecule has 36 heavy (non-hydrogen) atoms. The van der Waals surface area contributed by atoms with E-state index >= 15 is 0 Å². The SMILES string of the molecule is COc1cc(CN2CCOC[C@](O)(COc3ccc(C)cc3)C2)ccc1OCCCn1cc(C)cn1. The summed E-state index contributed by atoms with van der Waals surface area (Å²) in [5, 5.41) is 15.5. The average molecular weight is 496 g/mol. The Bertz CT molecular complexity index is 1100. The van der Waals surface area contributed by atoms with E-state index in [0.29, 0.717) is 32.1 Å². The minimum absolute atomic E-state index is 0.167. The molecule has 0 saturated carbocycles. The summed E-state index contributed by atoms with van der Waals surface area (Å²) < 4.78 is 25.1. The van der Waals surface area contributed by atoms with Crippen LogP contribution in [0, 0.1) is 13.8 Å². The smallest absolute Gasteiger partial charge is 0.161 e. The fraction of sp³-hybridized carbons (Fsp3) is 0.464. The van der Waals surface area contributed by atoms with Crippen LogP contribution in [0.4, 0.5) is 0 Å². The van der Waals surface area contributed by atoms with E-state index < -0.39 is 5.60 Å². The van der Waals surface area contributed by atoms with E-state index in [-0.39, 0.29) is 13.2 Å². The van der Waals surface area contributed by atoms with E-state index in [0.717, 1.165) is 42.1 Å². The van der Waals surface area contributed by atoms with Gasteiger partial charge in [-0.05, 0) is 49.2 Å². The van der Waals surface area contributed by atoms with Gasteiger partial charge in [0, 0.05) is 38.8 Å². The Kier molecular flexibility index (Phi) is 8.85. The lowest BCUT2D eigenvalue weighted by Gasteiger charge is -2.30. The summed E-state index contributed by atoms with van der Waals surface area (Å²) in [4.78, 5) is 2.19. The quantitative estimate of drug-likeness (QED) is 0.407. The Morgan fingerprint density at radius 2 is 1.89 bits per heavy atom. The van der Waals surface area contributed by atoms with Crippen LogP contribution in [-0.2, 0) is 17.8 Å². The first-order chi connectivity index (χ1) is 17.4. The summed E-state index contributed by atoms with van der Waals surface area (Å²) in [5.74, 6) is 2.16. The molecule has 0 bridgehead atoms. The van der Waals surface area contributed by atoms with E-state index in [9.17, 15) is 5.11 Å². The van der Waals surface area contributed by atoms with Crippen LogP contribution in [0.2, 0.25) is 0 Å². The molecule has 1 atom stereocenters. The minimum Gasteiger partial charge on any atom is -0.493 e. The highest BCUT2D eigenvalue weighted by Crippen LogP contribution is 2.29. The van der Waals surface area contributed by atoms with Crippen molar-refractivity contribution in [2.75, 3.05) is 46.6 Å². The fourth-order valence-electron chi connectivity index (χ4n) is 4.26. The summed E-state index contributed by atoms with van der Waals surface area (Å²) in [5.41, 5.74) is 2.30. The molecule has 8 nitrogen and oxygen atoms in total. The van der Waals surface area contributed by atoms with Crippen LogP contribution in [0.1, 0.15) is 23.1 Å². The zero-order chi connectivity index (χ0) is 25.4. The van der Waals surface area contributed by atoms with E-state index in [1.54, 1.807) is 7.11 Å². The predicted octanol–water partition coefficient (Wildman–Crippen LogP) is 3.62. The number of hydrogen-bond donors (Lipinski definition) is 1. The van der Waals surface area contributed by atoms with Crippen LogP contribution >= 0.6 is 0 Å². The van der Waals surface area contributed by atoms with Crippen molar-refractivity contribution in [3.63, 3.8) is 0 Å². The molecule has 1 aliphatic rings. The fourth-order valence-corrected chi connectivity index (χ4v) is 4.26. The number of aromatic nitrogens is 2. The number of nitrogens with zero attached hydrogens (tertiary/aromatic N) is 3. The van der Waals surface area contributed by atoms with Crippen molar-refractivity contribution >= 4 is 0 Å². The van der Waals surface area contributed by atoms with Gasteiger partial charge in [-0.2, -0.15) is 5.10 Å². The van der Waals surface area contributed by atoms with Crippen molar-refractivity contribution in [3.05, 3.63) is 71.5 Å². The lowest BCUT2D eigenvalue weighted by molar-refractivity contribution is -0.0646. The average Bonchev–Trinajstić information content (AvgIpc) is 3.20. The van der Waals surface area contributed by atoms with Gasteiger partial charge in [-0.15, -0.1) is 0 Å². The van der Waals surface area contributed by atoms with Gasteiger partial charge in [-0.1, -0.05) is 23.8 Å². The Hall–Kier alpha value is -3.07. The summed E-state index contributed by atoms with van der Waals surface area (Å²) in [6, 6.07) is 13.8. The maximum atomic E-state index is 11.2. The summed E-state index contributed by atoms with van der Waals surface area (Å²) in [7, 11) is 1.65. The largest absolute Gasteiger partial charge is 0.493 e. The molecule has 0 spiro atoms. The monoisotopic (exact) mass is 495 g/mol. The number of aliphatic hydroxyl groups is 1. The molecule has 1 aromatic heterocycles. The van der Waals surface area contributed by atoms with Crippen LogP contribution in [0.15, 0.2) is 54.9 Å². The molecule has 2 heterocycles. The number of aryl methyl sites for hydroxylation is 3. The predicted molar refractivity (Wildman–Crippen MR) is 138 cm³/mol. The van der Waals surface area contributed by atoms with E-state index in [4.69, 9.17) is 18.9 Å². The van der Waals surface area contributed by atoms with Gasteiger partial charge in [0.05, 0.1) is 33.1 Å². The molecule has 0 amide bonds. The number of methoxy groups -OCH3 is 1. The van der Waals surface area contributed by atoms with Crippen LogP contribution in [-0.4, -0.2) is 72.0 Å². The molecule has 1 aliphatic heterocycles. The van der Waals surface area contributed by atoms with E-state index in [1.165, 1.54) is 5.56 Å². The molecule has 4 rings (SSSR count). The Morgan fingerprint density at radius 1 is 1.06 bits per heavy atom. The third-order valence-corrected chi connectivity index (χ3v) is 6.15. The molecule has 0 unspecified atom stereocenters. The second-order valence-corrected chi connectivity index (χ2v) is 9.56. The first-order valence-corrected chi connectivity index (χ1v) is 12.4. The van der Waals surface area contributed by atoms with Gasteiger partial charge >= 0.3 is 0 Å². The van der Waals surface area contributed by atoms with Crippen molar-refractivity contribution in [1.29, 1.82) is 0 Å². The summed E-state index contributed by atoms with van der Waals surface area (Å²) in [6.45, 7) is 8.24. The van der Waals surface area contributed by atoms with Crippen molar-refractivity contribution in [1.82, 2.24) is 14.7 Å². The molecule has 1 fully saturated rings. The highest BCUT2D eigenvalue weighted by molar-refractivity contribution is 5.43. The van der Waals surface area contributed by atoms with Crippen LogP contribution in [0.25, 0.3) is 0 Å². The van der Waals surface area contributed by atoms with Crippen LogP contribution in [0.5, 0.6) is 17.2 Å². The van der Waals surface area contributed by atoms with Crippen molar-refractivity contribution < 1.29 is 24.1 Å². The zero-order valence-corrected chi connectivity index (χ0v) is 21.5. The van der Waals surface area contributed by atoms with Gasteiger partial charge in [-0.3, -0.25) is 9.58 Å². The maximum Gasteiger partial charge on any atom is 0.161 e. The van der Waals surface area contributed by atoms with Crippen molar-refractivity contribution in [2.45, 2.75) is 39.0 Å². The number of β-amino-alcohol motifs (C(OH)–C–C–N with tert-alkyl or cyclic N) is 1. The summed E-state index contributed by atoms with van der Waals surface area (Å²) in [6.07, 6.45) is 4.74. The molecule has 0 radical (unpaired) electrons. The Labute approximate surface area is 213 Å². The van der Waals surface area contributed by atoms with Gasteiger partial charge in [-0.25, -0.2) is 0 Å². The van der Waals surface area contributed by atoms with Gasteiger partial charge < -0.3 is 24.1 Å². The first kappa shape index (κ1) is 26.0. The third kappa shape index (κ3) is 7.46. The molecule has 0 aliphatic carbocycles. The highest BCUT2D eigenvalue weighted by Gasteiger charge is 2.33. The first-order valence-electron chi connectivity index (χ1n) is 12.4. The topological polar surface area (TPSA) is 78.2 Å². The molecular weight excluding hydrogens is 458 g/mol. The molecule has 2 aromatic carbocycles. The van der Waals surface area contributed by atoms with Crippen molar-refractivity contribution in [3.8, 4) is 17.2 Å². The lowest BCUT2D eigenvalue weighted by Crippen LogP contribution is -2.48. The Morgan fingerprint density at radius 3 is 2.64 bits per heavy atom. The second-order valence-electron chi connectivity index (χ2n) is 9.56. The van der Waals surface area contributed by atoms with Gasteiger partial charge in [0.25, 0.3) is 0 Å². The molecule has 1 N–H and O–H groups in total. The number of hydrogen-bond acceptors (Lipinski definition) is 7. The van der Waals surface area contributed by atoms with E-state index in [2.05, 4.69) is 10.00 Å². The van der Waals surface area contributed by atoms with Crippen LogP contribution in [0.3, 0.4) is 0 Å². The third-order valence-electron chi connectivity index (χ3n) is 6.15. The van der Waals surface area contributed by atoms with Gasteiger partial charge in [0.15, 0.2) is 11.5 Å². The van der Waals surface area contributed by atoms with Crippen LogP contribution < -0.4 is 14.2 Å². The summed E-state index contributed by atoms with van der Waals surface area (Å²) >= 11 is 0. The van der Waals surface area contributed by atoms with E-state index in [1.807, 2.05) is 73.4 Å². The minimum atomic E-state index is -1.10. The van der Waals surface area contributed by atoms with Gasteiger partial charge in [0.2, 0.25) is 0 Å². The maximum absolute atomic E-state index is 11.2.